The summed E-state index contributed by atoms with van der Waals surface area (Å²) in [5.74, 6) is -2.47. The van der Waals surface area contributed by atoms with E-state index >= 15 is 0 Å². The molecule has 1 aromatic rings. The minimum Gasteiger partial charge on any atom is -0.478 e. The van der Waals surface area contributed by atoms with Gasteiger partial charge in [-0.05, 0) is 50.3 Å². The highest BCUT2D eigenvalue weighted by Gasteiger charge is 2.55. The minimum absolute atomic E-state index is 0.0867. The van der Waals surface area contributed by atoms with Crippen LogP contribution in [0.25, 0.3) is 0 Å². The minimum atomic E-state index is -1.35. The summed E-state index contributed by atoms with van der Waals surface area (Å²) in [5.41, 5.74) is 0.807. The molecular formula is C26H32N2O5. The average Bonchev–Trinajstić information content (AvgIpc) is 3.07. The smallest absolute Gasteiger partial charge is 0.334 e. The lowest BCUT2D eigenvalue weighted by atomic mass is 9.56. The molecule has 1 aliphatic carbocycles. The topological polar surface area (TPSA) is 111 Å². The fraction of sp³-hybridized carbons (Fsp3) is 0.500. The fourth-order valence-electron chi connectivity index (χ4n) is 5.86. The average molecular weight is 453 g/mol. The predicted octanol–water partition coefficient (Wildman–Crippen LogP) is 4.45. The van der Waals surface area contributed by atoms with Gasteiger partial charge < -0.3 is 19.8 Å². The van der Waals surface area contributed by atoms with Gasteiger partial charge in [0.25, 0.3) is 0 Å². The lowest BCUT2D eigenvalue weighted by Crippen LogP contribution is -2.50. The molecule has 0 amide bonds. The molecule has 0 unspecified atom stereocenters. The van der Waals surface area contributed by atoms with Crippen LogP contribution in [0.2, 0.25) is 0 Å². The van der Waals surface area contributed by atoms with Crippen molar-refractivity contribution in [3.05, 3.63) is 57.9 Å². The van der Waals surface area contributed by atoms with Crippen LogP contribution in [0.1, 0.15) is 63.5 Å². The van der Waals surface area contributed by atoms with Gasteiger partial charge in [0.2, 0.25) is 0 Å². The summed E-state index contributed by atoms with van der Waals surface area (Å²) in [6.07, 6.45) is 5.36. The zero-order valence-corrected chi connectivity index (χ0v) is 19.6. The SMILES string of the molecule is COCCN1C(C)=C(C(=O)O)C(c2cccc(C#N)c2)(C2CCCCCC2)C(C(=O)O)=C1C. The molecule has 1 aliphatic heterocycles. The molecular weight excluding hydrogens is 420 g/mol. The fourth-order valence-corrected chi connectivity index (χ4v) is 5.86. The predicted molar refractivity (Wildman–Crippen MR) is 123 cm³/mol. The van der Waals surface area contributed by atoms with E-state index in [2.05, 4.69) is 6.07 Å². The van der Waals surface area contributed by atoms with E-state index in [-0.39, 0.29) is 17.1 Å². The lowest BCUT2D eigenvalue weighted by Gasteiger charge is -2.49. The Morgan fingerprint density at radius 2 is 1.67 bits per heavy atom. The third-order valence-corrected chi connectivity index (χ3v) is 7.18. The highest BCUT2D eigenvalue weighted by molar-refractivity contribution is 6.01. The van der Waals surface area contributed by atoms with Gasteiger partial charge in [-0.2, -0.15) is 5.26 Å². The van der Waals surface area contributed by atoms with Crippen LogP contribution in [0.5, 0.6) is 0 Å². The summed E-state index contributed by atoms with van der Waals surface area (Å²) in [4.78, 5) is 27.6. The quantitative estimate of drug-likeness (QED) is 0.588. The van der Waals surface area contributed by atoms with Gasteiger partial charge in [-0.25, -0.2) is 9.59 Å². The third-order valence-electron chi connectivity index (χ3n) is 7.18. The number of ether oxygens (including phenoxy) is 1. The van der Waals surface area contributed by atoms with Crippen molar-refractivity contribution in [2.45, 2.75) is 57.8 Å². The summed E-state index contributed by atoms with van der Waals surface area (Å²) in [5, 5.41) is 30.7. The Balaban J connectivity index is 2.45. The molecule has 7 heteroatoms. The van der Waals surface area contributed by atoms with E-state index in [1.807, 2.05) is 0 Å². The number of rotatable bonds is 7. The van der Waals surface area contributed by atoms with Crippen LogP contribution in [0, 0.1) is 17.2 Å². The number of nitriles is 1. The first-order valence-electron chi connectivity index (χ1n) is 11.5. The monoisotopic (exact) mass is 452 g/mol. The van der Waals surface area contributed by atoms with E-state index in [4.69, 9.17) is 4.74 Å². The molecule has 2 aliphatic rings. The van der Waals surface area contributed by atoms with Gasteiger partial charge in [0.05, 0.1) is 34.8 Å². The number of aliphatic carboxylic acids is 2. The molecule has 1 heterocycles. The number of benzene rings is 1. The van der Waals surface area contributed by atoms with E-state index < -0.39 is 17.4 Å². The van der Waals surface area contributed by atoms with Crippen LogP contribution in [0.15, 0.2) is 46.8 Å². The zero-order valence-electron chi connectivity index (χ0n) is 19.6. The highest BCUT2D eigenvalue weighted by atomic mass is 16.5. The largest absolute Gasteiger partial charge is 0.478 e. The number of carbonyl (C=O) groups is 2. The summed E-state index contributed by atoms with van der Waals surface area (Å²) in [6.45, 7) is 4.18. The number of allylic oxidation sites excluding steroid dienone is 2. The van der Waals surface area contributed by atoms with E-state index in [1.54, 1.807) is 50.1 Å². The van der Waals surface area contributed by atoms with Crippen LogP contribution in [0.3, 0.4) is 0 Å². The number of hydrogen-bond acceptors (Lipinski definition) is 5. The first-order chi connectivity index (χ1) is 15.8. The molecule has 0 aromatic heterocycles. The second kappa shape index (κ2) is 10.2. The maximum Gasteiger partial charge on any atom is 0.334 e. The van der Waals surface area contributed by atoms with Gasteiger partial charge in [0.15, 0.2) is 0 Å². The van der Waals surface area contributed by atoms with Crippen molar-refractivity contribution in [3.8, 4) is 6.07 Å². The molecule has 33 heavy (non-hydrogen) atoms. The molecule has 2 N–H and O–H groups in total. The standard InChI is InChI=1S/C26H32N2O5/c1-17-22(24(29)30)26(20-10-6-4-5-7-11-20,21-12-8-9-19(15-21)16-27)23(25(31)32)18(2)28(17)13-14-33-3/h8-9,12,15,20H,4-7,10-11,13-14H2,1-3H3,(H,29,30)(H,31,32). The van der Waals surface area contributed by atoms with Crippen molar-refractivity contribution in [1.82, 2.24) is 4.90 Å². The zero-order chi connectivity index (χ0) is 24.2. The molecule has 0 radical (unpaired) electrons. The first kappa shape index (κ1) is 24.5. The molecule has 1 saturated carbocycles. The number of carboxylic acids is 2. The van der Waals surface area contributed by atoms with Crippen molar-refractivity contribution in [1.29, 1.82) is 5.26 Å². The number of hydrogen-bond donors (Lipinski definition) is 2. The Morgan fingerprint density at radius 3 is 2.15 bits per heavy atom. The van der Waals surface area contributed by atoms with Crippen LogP contribution in [-0.4, -0.2) is 47.3 Å². The molecule has 0 saturated heterocycles. The third kappa shape index (κ3) is 4.28. The van der Waals surface area contributed by atoms with Crippen molar-refractivity contribution in [3.63, 3.8) is 0 Å². The Labute approximate surface area is 195 Å². The second-order valence-electron chi connectivity index (χ2n) is 8.86. The maximum atomic E-state index is 12.9. The number of methoxy groups -OCH3 is 1. The molecule has 1 fully saturated rings. The summed E-state index contributed by atoms with van der Waals surface area (Å²) in [6, 6.07) is 8.96. The first-order valence-corrected chi connectivity index (χ1v) is 11.5. The highest BCUT2D eigenvalue weighted by Crippen LogP contribution is 2.55. The molecule has 7 nitrogen and oxygen atoms in total. The molecule has 0 bridgehead atoms. The van der Waals surface area contributed by atoms with E-state index in [0.717, 1.165) is 38.5 Å². The van der Waals surface area contributed by atoms with Crippen LogP contribution in [-0.2, 0) is 19.7 Å². The van der Waals surface area contributed by atoms with Gasteiger partial charge in [0.1, 0.15) is 0 Å². The molecule has 0 spiro atoms. The van der Waals surface area contributed by atoms with Crippen molar-refractivity contribution in [2.75, 3.05) is 20.3 Å². The number of nitrogens with zero attached hydrogens (tertiary/aromatic N) is 2. The van der Waals surface area contributed by atoms with Crippen LogP contribution >= 0.6 is 0 Å². The second-order valence-corrected chi connectivity index (χ2v) is 8.86. The normalized spacial score (nSPS) is 19.3. The maximum absolute atomic E-state index is 12.9. The molecule has 176 valence electrons. The van der Waals surface area contributed by atoms with Gasteiger partial charge in [-0.1, -0.05) is 37.8 Å². The van der Waals surface area contributed by atoms with Crippen molar-refractivity contribution in [2.24, 2.45) is 5.92 Å². The Bertz CT molecular complexity index is 987. The number of carboxylic acid groups (broad SMARTS) is 2. The molecule has 3 rings (SSSR count). The van der Waals surface area contributed by atoms with E-state index in [1.165, 1.54) is 0 Å². The molecule has 0 atom stereocenters. The van der Waals surface area contributed by atoms with Gasteiger partial charge >= 0.3 is 11.9 Å². The Kier molecular flexibility index (Phi) is 7.60. The Hall–Kier alpha value is -3.11. The van der Waals surface area contributed by atoms with Crippen LogP contribution in [0.4, 0.5) is 0 Å². The van der Waals surface area contributed by atoms with Crippen LogP contribution < -0.4 is 0 Å². The van der Waals surface area contributed by atoms with Crippen molar-refractivity contribution < 1.29 is 24.5 Å². The summed E-state index contributed by atoms with van der Waals surface area (Å²) in [7, 11) is 1.56. The van der Waals surface area contributed by atoms with E-state index in [0.29, 0.717) is 35.7 Å². The summed E-state index contributed by atoms with van der Waals surface area (Å²) >= 11 is 0. The summed E-state index contributed by atoms with van der Waals surface area (Å²) < 4.78 is 5.21. The van der Waals surface area contributed by atoms with Gasteiger partial charge in [-0.3, -0.25) is 0 Å². The van der Waals surface area contributed by atoms with Gasteiger partial charge in [0, 0.05) is 25.0 Å². The van der Waals surface area contributed by atoms with E-state index in [9.17, 15) is 25.1 Å². The molecule has 1 aromatic carbocycles. The van der Waals surface area contributed by atoms with Gasteiger partial charge in [-0.15, -0.1) is 0 Å². The van der Waals surface area contributed by atoms with Crippen molar-refractivity contribution >= 4 is 11.9 Å². The Morgan fingerprint density at radius 1 is 1.09 bits per heavy atom. The lowest BCUT2D eigenvalue weighted by molar-refractivity contribution is -0.135.